The highest BCUT2D eigenvalue weighted by Crippen LogP contribution is 2.38. The lowest BCUT2D eigenvalue weighted by Gasteiger charge is -2.27. The van der Waals surface area contributed by atoms with Crippen molar-refractivity contribution in [3.8, 4) is 5.75 Å². The van der Waals surface area contributed by atoms with Crippen LogP contribution < -0.4 is 42.8 Å². The number of benzene rings is 3. The number of alkyl carbamates (subject to hydrolysis) is 1. The minimum Gasteiger partial charge on any atom is -0.445 e. The molecule has 0 spiro atoms. The zero-order chi connectivity index (χ0) is 51.8. The first-order chi connectivity index (χ1) is 33.7. The van der Waals surface area contributed by atoms with Gasteiger partial charge in [0.05, 0.1) is 11.0 Å². The van der Waals surface area contributed by atoms with Crippen LogP contribution in [0.5, 0.6) is 5.75 Å². The van der Waals surface area contributed by atoms with Crippen LogP contribution in [0.15, 0.2) is 78.9 Å². The Morgan fingerprint density at radius 1 is 0.761 bits per heavy atom. The van der Waals surface area contributed by atoms with Crippen LogP contribution >= 0.6 is 0 Å². The Kier molecular flexibility index (Phi) is 19.3. The SMILES string of the molecule is CC(C)[C@H](NC(=O)[C@H](CCC(=O)NC1O[C@H](C(N)=O)[C@H]2OC(C)(C)O[C@@H]12)NC(=O)OCc1ccccc1)C(=O)N[C@@H](CCCNC(N)=O)C(=O)Cc1ccc(COC(=O)Oc2ccc([N+](=O)[O-])cc2)cc1. The second-order valence-electron chi connectivity index (χ2n) is 17.4. The van der Waals surface area contributed by atoms with Crippen molar-refractivity contribution < 1.29 is 71.7 Å². The largest absolute Gasteiger partial charge is 0.514 e. The average molecular weight is 991 g/mol. The summed E-state index contributed by atoms with van der Waals surface area (Å²) in [5.41, 5.74) is 12.3. The number of amides is 7. The van der Waals surface area contributed by atoms with Crippen molar-refractivity contribution in [2.24, 2.45) is 17.4 Å². The van der Waals surface area contributed by atoms with Crippen molar-refractivity contribution >= 4 is 53.4 Å². The van der Waals surface area contributed by atoms with Gasteiger partial charge in [0.15, 0.2) is 23.9 Å². The number of non-ortho nitro benzene ring substituents is 1. The number of hydrogen-bond acceptors (Lipinski definition) is 16. The molecule has 0 aliphatic carbocycles. The summed E-state index contributed by atoms with van der Waals surface area (Å²) in [4.78, 5) is 114. The number of nitrogens with two attached hydrogens (primary N) is 2. The van der Waals surface area contributed by atoms with Gasteiger partial charge in [-0.25, -0.2) is 14.4 Å². The van der Waals surface area contributed by atoms with Gasteiger partial charge in [0, 0.05) is 31.5 Å². The normalized spacial score (nSPS) is 18.9. The van der Waals surface area contributed by atoms with Crippen molar-refractivity contribution in [2.75, 3.05) is 6.54 Å². The Morgan fingerprint density at radius 2 is 1.39 bits per heavy atom. The van der Waals surface area contributed by atoms with E-state index in [4.69, 9.17) is 39.9 Å². The number of Topliss-reactive ketones (excluding diaryl/α,β-unsaturated/α-hetero) is 1. The predicted molar refractivity (Wildman–Crippen MR) is 247 cm³/mol. The molecular formula is C47H58N8O16. The van der Waals surface area contributed by atoms with Gasteiger partial charge < -0.3 is 66.5 Å². The third-order valence-electron chi connectivity index (χ3n) is 11.0. The molecule has 3 aromatic rings. The molecule has 0 aromatic heterocycles. The van der Waals surface area contributed by atoms with Crippen molar-refractivity contribution in [3.63, 3.8) is 0 Å². The standard InChI is InChI=1S/C47H58N8O16/c1-26(2)36(42(60)51-32(11-8-22-50-44(49)61)34(56)23-27-12-14-29(15-13-27)25-67-46(63)68-31-18-16-30(17-19-31)55(64)65)54-41(59)33(52-45(62)66-24-28-9-6-5-7-10-28)20-21-35(57)53-43-39-37(38(69-43)40(48)58)70-47(3,4)71-39/h5-7,9-10,12-19,26,32-33,36-39,43H,8,11,20-25H2,1-4H3,(H2,48,58)(H,51,60)(H,52,62)(H,53,57)(H,54,59)(H3,49,50,61)/t32-,33-,36-,37+,38-,39+,43?/m0/s1. The maximum absolute atomic E-state index is 14.0. The first-order valence-electron chi connectivity index (χ1n) is 22.6. The van der Waals surface area contributed by atoms with Crippen LogP contribution in [0.2, 0.25) is 0 Å². The molecule has 2 aliphatic heterocycles. The van der Waals surface area contributed by atoms with Gasteiger partial charge >= 0.3 is 18.3 Å². The Bertz CT molecular complexity index is 2390. The Labute approximate surface area is 407 Å². The number of carbonyl (C=O) groups is 8. The molecule has 24 nitrogen and oxygen atoms in total. The number of nitrogens with one attached hydrogen (secondary N) is 5. The maximum atomic E-state index is 14.0. The van der Waals surface area contributed by atoms with Gasteiger partial charge in [-0.05, 0) is 67.9 Å². The molecule has 0 saturated carbocycles. The first kappa shape index (κ1) is 54.2. The quantitative estimate of drug-likeness (QED) is 0.0223. The highest BCUT2D eigenvalue weighted by atomic mass is 16.8. The fourth-order valence-corrected chi connectivity index (χ4v) is 7.49. The summed E-state index contributed by atoms with van der Waals surface area (Å²) in [6.45, 7) is 6.28. The van der Waals surface area contributed by atoms with Gasteiger partial charge in [-0.15, -0.1) is 0 Å². The predicted octanol–water partition coefficient (Wildman–Crippen LogP) is 2.42. The lowest BCUT2D eigenvalue weighted by molar-refractivity contribution is -0.384. The van der Waals surface area contributed by atoms with Crippen molar-refractivity contribution in [1.29, 1.82) is 0 Å². The number of primary amides is 2. The molecule has 71 heavy (non-hydrogen) atoms. The van der Waals surface area contributed by atoms with E-state index in [9.17, 15) is 48.5 Å². The molecule has 3 aromatic carbocycles. The van der Waals surface area contributed by atoms with Gasteiger partial charge in [0.1, 0.15) is 43.3 Å². The number of rotatable bonds is 24. The number of carbonyl (C=O) groups excluding carboxylic acids is 8. The second kappa shape index (κ2) is 25.2. The summed E-state index contributed by atoms with van der Waals surface area (Å²) in [6.07, 6.45) is -6.76. The molecule has 7 atom stereocenters. The number of nitro groups is 1. The van der Waals surface area contributed by atoms with Gasteiger partial charge in [0.25, 0.3) is 5.69 Å². The molecule has 1 unspecified atom stereocenters. The van der Waals surface area contributed by atoms with Crippen LogP contribution in [-0.2, 0) is 67.3 Å². The van der Waals surface area contributed by atoms with E-state index in [1.807, 2.05) is 0 Å². The van der Waals surface area contributed by atoms with E-state index < -0.39 is 107 Å². The smallest absolute Gasteiger partial charge is 0.445 e. The van der Waals surface area contributed by atoms with Crippen molar-refractivity contribution in [2.45, 2.75) is 121 Å². The topological polar surface area (TPSA) is 347 Å². The molecule has 5 rings (SSSR count). The summed E-state index contributed by atoms with van der Waals surface area (Å²) in [5, 5.41) is 23.8. The number of nitrogens with zero attached hydrogens (tertiary/aromatic N) is 1. The first-order valence-corrected chi connectivity index (χ1v) is 22.6. The second-order valence-corrected chi connectivity index (χ2v) is 17.4. The minimum absolute atomic E-state index is 0.0383. The Morgan fingerprint density at radius 3 is 2.03 bits per heavy atom. The molecule has 2 saturated heterocycles. The molecule has 382 valence electrons. The Hall–Kier alpha value is -7.70. The molecule has 0 radical (unpaired) electrons. The number of ketones is 1. The zero-order valence-electron chi connectivity index (χ0n) is 39.4. The summed E-state index contributed by atoms with van der Waals surface area (Å²) < 4.78 is 32.9. The van der Waals surface area contributed by atoms with Gasteiger partial charge in [-0.3, -0.25) is 34.1 Å². The van der Waals surface area contributed by atoms with E-state index in [1.165, 1.54) is 24.3 Å². The Balaban J connectivity index is 1.22. The number of hydrogen-bond donors (Lipinski definition) is 7. The minimum atomic E-state index is -1.44. The van der Waals surface area contributed by atoms with E-state index >= 15 is 0 Å². The summed E-state index contributed by atoms with van der Waals surface area (Å²) >= 11 is 0. The lowest BCUT2D eigenvalue weighted by atomic mass is 9.97. The molecule has 2 heterocycles. The van der Waals surface area contributed by atoms with E-state index in [0.717, 1.165) is 0 Å². The summed E-state index contributed by atoms with van der Waals surface area (Å²) in [7, 11) is 0. The molecular weight excluding hydrogens is 933 g/mol. The average Bonchev–Trinajstić information content (AvgIpc) is 3.81. The highest BCUT2D eigenvalue weighted by molar-refractivity contribution is 5.95. The van der Waals surface area contributed by atoms with Crippen LogP contribution in [-0.4, -0.2) is 108 Å². The molecule has 9 N–H and O–H groups in total. The monoisotopic (exact) mass is 990 g/mol. The van der Waals surface area contributed by atoms with E-state index in [2.05, 4.69) is 26.6 Å². The molecule has 24 heteroatoms. The third-order valence-corrected chi connectivity index (χ3v) is 11.0. The van der Waals surface area contributed by atoms with Crippen LogP contribution in [0.25, 0.3) is 0 Å². The fourth-order valence-electron chi connectivity index (χ4n) is 7.49. The number of fused-ring (bicyclic) bond motifs is 1. The number of urea groups is 1. The van der Waals surface area contributed by atoms with Crippen molar-refractivity contribution in [1.82, 2.24) is 26.6 Å². The molecule has 7 amide bonds. The van der Waals surface area contributed by atoms with Crippen LogP contribution in [0.3, 0.4) is 0 Å². The zero-order valence-corrected chi connectivity index (χ0v) is 39.4. The van der Waals surface area contributed by atoms with E-state index in [1.54, 1.807) is 82.3 Å². The van der Waals surface area contributed by atoms with E-state index in [-0.39, 0.29) is 63.3 Å². The van der Waals surface area contributed by atoms with E-state index in [0.29, 0.717) is 16.7 Å². The van der Waals surface area contributed by atoms with Crippen LogP contribution in [0.1, 0.15) is 70.1 Å². The van der Waals surface area contributed by atoms with Gasteiger partial charge in [0.2, 0.25) is 23.6 Å². The van der Waals surface area contributed by atoms with Crippen LogP contribution in [0, 0.1) is 16.0 Å². The maximum Gasteiger partial charge on any atom is 0.514 e. The lowest BCUT2D eigenvalue weighted by Crippen LogP contribution is -2.57. The van der Waals surface area contributed by atoms with Crippen LogP contribution in [0.4, 0.5) is 20.1 Å². The summed E-state index contributed by atoms with van der Waals surface area (Å²) in [6, 6.07) is 15.4. The summed E-state index contributed by atoms with van der Waals surface area (Å²) in [5.74, 6) is -5.15. The van der Waals surface area contributed by atoms with Gasteiger partial charge in [-0.1, -0.05) is 68.4 Å². The molecule has 0 bridgehead atoms. The molecule has 2 aliphatic rings. The molecule has 2 fully saturated rings. The highest BCUT2D eigenvalue weighted by Gasteiger charge is 2.57. The fraction of sp³-hybridized carbons (Fsp3) is 0.447. The number of ether oxygens (including phenoxy) is 6. The van der Waals surface area contributed by atoms with Gasteiger partial charge in [-0.2, -0.15) is 0 Å². The van der Waals surface area contributed by atoms with Crippen molar-refractivity contribution in [3.05, 3.63) is 106 Å². The third kappa shape index (κ3) is 16.7. The number of nitro benzene ring substituents is 1.